The average molecular weight is 417 g/mol. The lowest BCUT2D eigenvalue weighted by atomic mass is 10.1. The van der Waals surface area contributed by atoms with Crippen LogP contribution in [0.5, 0.6) is 5.75 Å². The zero-order valence-corrected chi connectivity index (χ0v) is 17.0. The fourth-order valence-corrected chi connectivity index (χ4v) is 3.68. The predicted molar refractivity (Wildman–Crippen MR) is 119 cm³/mol. The third-order valence-corrected chi connectivity index (χ3v) is 5.14. The van der Waals surface area contributed by atoms with E-state index in [1.54, 1.807) is 18.2 Å². The lowest BCUT2D eigenvalue weighted by Gasteiger charge is -2.13. The summed E-state index contributed by atoms with van der Waals surface area (Å²) in [5.74, 6) is -1.92. The number of halogens is 2. The first-order chi connectivity index (χ1) is 15.0. The maximum absolute atomic E-state index is 14.1. The van der Waals surface area contributed by atoms with E-state index in [2.05, 4.69) is 0 Å². The summed E-state index contributed by atoms with van der Waals surface area (Å²) in [5, 5.41) is 10.7. The fourth-order valence-electron chi connectivity index (χ4n) is 3.68. The van der Waals surface area contributed by atoms with Gasteiger partial charge in [0.25, 0.3) is 0 Å². The van der Waals surface area contributed by atoms with Crippen molar-refractivity contribution in [1.82, 2.24) is 4.57 Å². The normalized spacial score (nSPS) is 12.6. The van der Waals surface area contributed by atoms with Gasteiger partial charge in [0.2, 0.25) is 0 Å². The largest absolute Gasteiger partial charge is 0.508 e. The van der Waals surface area contributed by atoms with E-state index in [1.807, 2.05) is 47.9 Å². The number of pyridine rings is 1. The average Bonchev–Trinajstić information content (AvgIpc) is 2.77. The van der Waals surface area contributed by atoms with Gasteiger partial charge in [0.15, 0.2) is 17.1 Å². The quantitative estimate of drug-likeness (QED) is 0.544. The van der Waals surface area contributed by atoms with Crippen molar-refractivity contribution in [2.45, 2.75) is 19.9 Å². The van der Waals surface area contributed by atoms with Crippen molar-refractivity contribution in [3.8, 4) is 5.75 Å². The van der Waals surface area contributed by atoms with Crippen LogP contribution in [0, 0.1) is 11.6 Å². The molecule has 0 saturated carbocycles. The molecule has 1 N–H and O–H groups in total. The van der Waals surface area contributed by atoms with Crippen molar-refractivity contribution < 1.29 is 13.9 Å². The minimum Gasteiger partial charge on any atom is -0.508 e. The highest BCUT2D eigenvalue weighted by molar-refractivity contribution is 5.80. The number of phenols is 1. The molecule has 0 aliphatic rings. The lowest BCUT2D eigenvalue weighted by Crippen LogP contribution is -2.46. The Morgan fingerprint density at radius 2 is 1.55 bits per heavy atom. The molecule has 5 heteroatoms. The number of hydrogen-bond donors (Lipinski definition) is 1. The summed E-state index contributed by atoms with van der Waals surface area (Å²) in [7, 11) is 0. The monoisotopic (exact) mass is 417 g/mol. The third kappa shape index (κ3) is 4.12. The Bertz CT molecular complexity index is 1420. The molecular weight excluding hydrogens is 396 g/mol. The predicted octanol–water partition coefficient (Wildman–Crippen LogP) is 4.05. The van der Waals surface area contributed by atoms with E-state index >= 15 is 0 Å². The maximum Gasteiger partial charge on any atom is 0.197 e. The highest BCUT2D eigenvalue weighted by Crippen LogP contribution is 2.15. The molecule has 1 aromatic heterocycles. The van der Waals surface area contributed by atoms with E-state index in [0.29, 0.717) is 28.2 Å². The smallest absolute Gasteiger partial charge is 0.197 e. The molecule has 156 valence electrons. The first-order valence-corrected chi connectivity index (χ1v) is 10.1. The molecule has 4 rings (SSSR count). The van der Waals surface area contributed by atoms with Crippen molar-refractivity contribution >= 4 is 23.1 Å². The van der Waals surface area contributed by atoms with Gasteiger partial charge < -0.3 is 9.67 Å². The number of fused-ring (bicyclic) bond motifs is 1. The summed E-state index contributed by atoms with van der Waals surface area (Å²) in [6, 6.07) is 18.1. The van der Waals surface area contributed by atoms with Crippen LogP contribution in [0.4, 0.5) is 8.78 Å². The van der Waals surface area contributed by atoms with Crippen LogP contribution in [0.15, 0.2) is 71.5 Å². The SMILES string of the molecule is CCCn1c(=C/c2ccccc2)/c(=C/c2ccc(O)cc2)c(=O)c2cc(F)c(F)cc21. The minimum atomic E-state index is -1.05. The van der Waals surface area contributed by atoms with Crippen molar-refractivity contribution in [3.05, 3.63) is 110 Å². The van der Waals surface area contributed by atoms with E-state index in [1.165, 1.54) is 12.1 Å². The lowest BCUT2D eigenvalue weighted by molar-refractivity contribution is 0.475. The molecule has 0 aliphatic heterocycles. The second-order valence-corrected chi connectivity index (χ2v) is 7.35. The summed E-state index contributed by atoms with van der Waals surface area (Å²) in [4.78, 5) is 13.4. The Kier molecular flexibility index (Phi) is 5.67. The van der Waals surface area contributed by atoms with Gasteiger partial charge in [-0.1, -0.05) is 49.4 Å². The molecule has 0 unspecified atom stereocenters. The number of aryl methyl sites for hydroxylation is 1. The molecule has 4 aromatic rings. The van der Waals surface area contributed by atoms with Gasteiger partial charge in [-0.15, -0.1) is 0 Å². The number of benzene rings is 3. The van der Waals surface area contributed by atoms with Crippen molar-refractivity contribution in [1.29, 1.82) is 0 Å². The van der Waals surface area contributed by atoms with Crippen LogP contribution < -0.4 is 16.0 Å². The molecule has 0 radical (unpaired) electrons. The van der Waals surface area contributed by atoms with Crippen LogP contribution in [0.2, 0.25) is 0 Å². The van der Waals surface area contributed by atoms with Gasteiger partial charge in [-0.25, -0.2) is 8.78 Å². The van der Waals surface area contributed by atoms with E-state index in [4.69, 9.17) is 0 Å². The van der Waals surface area contributed by atoms with Gasteiger partial charge >= 0.3 is 0 Å². The Morgan fingerprint density at radius 3 is 2.23 bits per heavy atom. The van der Waals surface area contributed by atoms with Crippen LogP contribution in [-0.2, 0) is 6.54 Å². The molecule has 3 aromatic carbocycles. The second-order valence-electron chi connectivity index (χ2n) is 7.35. The summed E-state index contributed by atoms with van der Waals surface area (Å²) in [6.07, 6.45) is 4.33. The molecule has 3 nitrogen and oxygen atoms in total. The number of rotatable bonds is 4. The Hall–Kier alpha value is -3.73. The highest BCUT2D eigenvalue weighted by atomic mass is 19.2. The van der Waals surface area contributed by atoms with Crippen LogP contribution in [0.1, 0.15) is 24.5 Å². The van der Waals surface area contributed by atoms with Gasteiger partial charge in [0.1, 0.15) is 5.75 Å². The number of hydrogen-bond acceptors (Lipinski definition) is 2. The molecule has 0 atom stereocenters. The first kappa shape index (κ1) is 20.5. The Morgan fingerprint density at radius 1 is 0.903 bits per heavy atom. The Balaban J connectivity index is 2.21. The third-order valence-electron chi connectivity index (χ3n) is 5.14. The van der Waals surface area contributed by atoms with Crippen LogP contribution in [0.25, 0.3) is 23.1 Å². The molecule has 1 heterocycles. The summed E-state index contributed by atoms with van der Waals surface area (Å²) in [6.45, 7) is 2.51. The van der Waals surface area contributed by atoms with Gasteiger partial charge in [-0.2, -0.15) is 0 Å². The molecule has 31 heavy (non-hydrogen) atoms. The van der Waals surface area contributed by atoms with Crippen LogP contribution >= 0.6 is 0 Å². The summed E-state index contributed by atoms with van der Waals surface area (Å²) >= 11 is 0. The van der Waals surface area contributed by atoms with Crippen LogP contribution in [0.3, 0.4) is 0 Å². The zero-order chi connectivity index (χ0) is 22.0. The van der Waals surface area contributed by atoms with Gasteiger partial charge in [0, 0.05) is 23.2 Å². The van der Waals surface area contributed by atoms with E-state index in [0.717, 1.165) is 24.1 Å². The number of aromatic nitrogens is 1. The topological polar surface area (TPSA) is 42.2 Å². The van der Waals surface area contributed by atoms with Gasteiger partial charge in [-0.3, -0.25) is 4.79 Å². The van der Waals surface area contributed by atoms with Crippen LogP contribution in [-0.4, -0.2) is 9.67 Å². The first-order valence-electron chi connectivity index (χ1n) is 10.1. The van der Waals surface area contributed by atoms with Gasteiger partial charge in [-0.05, 0) is 47.9 Å². The van der Waals surface area contributed by atoms with Gasteiger partial charge in [0.05, 0.1) is 10.9 Å². The molecule has 0 saturated heterocycles. The summed E-state index contributed by atoms with van der Waals surface area (Å²) in [5.41, 5.74) is 1.57. The molecule has 0 aliphatic carbocycles. The minimum absolute atomic E-state index is 0.118. The number of nitrogens with zero attached hydrogens (tertiary/aromatic N) is 1. The maximum atomic E-state index is 14.1. The van der Waals surface area contributed by atoms with Crippen molar-refractivity contribution in [2.75, 3.05) is 0 Å². The Labute approximate surface area is 177 Å². The highest BCUT2D eigenvalue weighted by Gasteiger charge is 2.13. The molecule has 0 spiro atoms. The molecule has 0 bridgehead atoms. The van der Waals surface area contributed by atoms with E-state index < -0.39 is 11.6 Å². The fraction of sp³-hybridized carbons (Fsp3) is 0.115. The van der Waals surface area contributed by atoms with E-state index in [-0.39, 0.29) is 16.6 Å². The standard InChI is InChI=1S/C26H21F2NO2/c1-2-12-29-24(14-17-6-4-3-5-7-17)20(13-18-8-10-19(30)11-9-18)26(31)21-15-22(27)23(28)16-25(21)29/h3-11,13-16,30H,2,12H2,1H3/b20-13-,24-14+. The second kappa shape index (κ2) is 8.56. The number of phenolic OH excluding ortho intramolecular Hbond substituents is 1. The zero-order valence-electron chi connectivity index (χ0n) is 17.0. The van der Waals surface area contributed by atoms with E-state index in [9.17, 15) is 18.7 Å². The molecule has 0 fully saturated rings. The molecular formula is C26H21F2NO2. The molecule has 0 amide bonds. The summed E-state index contributed by atoms with van der Waals surface area (Å²) < 4.78 is 30.0. The number of aromatic hydroxyl groups is 1. The van der Waals surface area contributed by atoms with Crippen molar-refractivity contribution in [2.24, 2.45) is 0 Å². The van der Waals surface area contributed by atoms with Crippen molar-refractivity contribution in [3.63, 3.8) is 0 Å².